The molecule has 0 aliphatic carbocycles. The van der Waals surface area contributed by atoms with Gasteiger partial charge in [0.2, 0.25) is 0 Å². The van der Waals surface area contributed by atoms with E-state index in [9.17, 15) is 4.79 Å². The summed E-state index contributed by atoms with van der Waals surface area (Å²) in [5.74, 6) is 0.683. The maximum absolute atomic E-state index is 12.2. The molecule has 0 aliphatic rings. The van der Waals surface area contributed by atoms with Crippen molar-refractivity contribution in [2.45, 2.75) is 6.61 Å². The number of halogens is 3. The zero-order chi connectivity index (χ0) is 18.5. The summed E-state index contributed by atoms with van der Waals surface area (Å²) in [6.07, 6.45) is 1.47. The Labute approximate surface area is 165 Å². The number of nitrogens with zero attached hydrogens (tertiary/aromatic N) is 1. The average molecular weight is 408 g/mol. The summed E-state index contributed by atoms with van der Waals surface area (Å²) >= 11 is 17.8. The monoisotopic (exact) mass is 406 g/mol. The second-order valence-corrected chi connectivity index (χ2v) is 6.66. The maximum atomic E-state index is 12.2. The van der Waals surface area contributed by atoms with E-state index in [1.165, 1.54) is 6.20 Å². The van der Waals surface area contributed by atoms with Crippen molar-refractivity contribution in [1.82, 2.24) is 4.98 Å². The minimum absolute atomic E-state index is 0.259. The van der Waals surface area contributed by atoms with Crippen LogP contribution < -0.4 is 10.1 Å². The Morgan fingerprint density at radius 2 is 1.69 bits per heavy atom. The molecule has 0 bridgehead atoms. The molecule has 26 heavy (non-hydrogen) atoms. The van der Waals surface area contributed by atoms with Crippen molar-refractivity contribution in [2.75, 3.05) is 5.32 Å². The number of rotatable bonds is 5. The topological polar surface area (TPSA) is 51.2 Å². The van der Waals surface area contributed by atoms with Crippen LogP contribution in [0, 0.1) is 0 Å². The first-order valence-corrected chi connectivity index (χ1v) is 8.74. The molecule has 1 aromatic heterocycles. The molecule has 132 valence electrons. The van der Waals surface area contributed by atoms with Gasteiger partial charge in [0.25, 0.3) is 5.91 Å². The molecule has 1 amide bonds. The van der Waals surface area contributed by atoms with Crippen LogP contribution in [0.3, 0.4) is 0 Å². The summed E-state index contributed by atoms with van der Waals surface area (Å²) in [6, 6.07) is 15.4. The Hall–Kier alpha value is -2.27. The number of pyridine rings is 1. The highest BCUT2D eigenvalue weighted by Crippen LogP contribution is 2.28. The number of carbonyl (C=O) groups is 1. The van der Waals surface area contributed by atoms with Gasteiger partial charge in [-0.25, -0.2) is 4.98 Å². The number of benzene rings is 2. The van der Waals surface area contributed by atoms with Crippen LogP contribution in [0.15, 0.2) is 60.8 Å². The number of hydrogen-bond acceptors (Lipinski definition) is 3. The highest BCUT2D eigenvalue weighted by molar-refractivity contribution is 6.34. The Morgan fingerprint density at radius 1 is 0.962 bits per heavy atom. The van der Waals surface area contributed by atoms with Gasteiger partial charge >= 0.3 is 0 Å². The summed E-state index contributed by atoms with van der Waals surface area (Å²) in [4.78, 5) is 16.3. The summed E-state index contributed by atoms with van der Waals surface area (Å²) in [6.45, 7) is 0.306. The molecule has 0 saturated heterocycles. The lowest BCUT2D eigenvalue weighted by molar-refractivity contribution is 0.102. The second kappa shape index (κ2) is 8.41. The molecule has 3 aromatic rings. The Bertz CT molecular complexity index is 913. The molecule has 1 N–H and O–H groups in total. The van der Waals surface area contributed by atoms with Gasteiger partial charge in [-0.15, -0.1) is 0 Å². The third-order valence-corrected chi connectivity index (χ3v) is 4.24. The predicted octanol–water partition coefficient (Wildman–Crippen LogP) is 5.87. The molecule has 0 radical (unpaired) electrons. The van der Waals surface area contributed by atoms with Gasteiger partial charge in [-0.3, -0.25) is 4.79 Å². The van der Waals surface area contributed by atoms with Gasteiger partial charge in [-0.1, -0.05) is 46.9 Å². The van der Waals surface area contributed by atoms with Crippen LogP contribution >= 0.6 is 34.8 Å². The van der Waals surface area contributed by atoms with Crippen molar-refractivity contribution in [3.05, 3.63) is 87.0 Å². The van der Waals surface area contributed by atoms with Gasteiger partial charge < -0.3 is 10.1 Å². The third kappa shape index (κ3) is 4.88. The van der Waals surface area contributed by atoms with E-state index in [0.29, 0.717) is 38.8 Å². The van der Waals surface area contributed by atoms with Gasteiger partial charge in [0.15, 0.2) is 0 Å². The smallest absolute Gasteiger partial charge is 0.256 e. The molecule has 3 rings (SSSR count). The minimum Gasteiger partial charge on any atom is -0.487 e. The fourth-order valence-corrected chi connectivity index (χ4v) is 2.59. The number of anilines is 1. The highest BCUT2D eigenvalue weighted by Gasteiger charge is 2.08. The zero-order valence-electron chi connectivity index (χ0n) is 13.4. The summed E-state index contributed by atoms with van der Waals surface area (Å²) in [5, 5.41) is 4.25. The van der Waals surface area contributed by atoms with Gasteiger partial charge in [0.05, 0.1) is 10.0 Å². The SMILES string of the molecule is O=C(Nc1ccc(Cl)cn1)c1ccc(COc2cc(Cl)ccc2Cl)cc1. The van der Waals surface area contributed by atoms with Crippen LogP contribution in [0.2, 0.25) is 15.1 Å². The van der Waals surface area contributed by atoms with E-state index in [2.05, 4.69) is 10.3 Å². The van der Waals surface area contributed by atoms with Crippen molar-refractivity contribution in [2.24, 2.45) is 0 Å². The van der Waals surface area contributed by atoms with E-state index in [1.807, 2.05) is 12.1 Å². The number of nitrogens with one attached hydrogen (secondary N) is 1. The van der Waals surface area contributed by atoms with Gasteiger partial charge in [-0.2, -0.15) is 0 Å². The average Bonchev–Trinajstić information content (AvgIpc) is 2.65. The molecular formula is C19H13Cl3N2O2. The number of ether oxygens (including phenoxy) is 1. The molecule has 0 atom stereocenters. The fraction of sp³-hybridized carbons (Fsp3) is 0.0526. The van der Waals surface area contributed by atoms with Gasteiger partial charge in [0.1, 0.15) is 18.2 Å². The molecule has 7 heteroatoms. The third-order valence-electron chi connectivity index (χ3n) is 3.47. The normalized spacial score (nSPS) is 10.4. The fourth-order valence-electron chi connectivity index (χ4n) is 2.14. The quantitative estimate of drug-likeness (QED) is 0.575. The van der Waals surface area contributed by atoms with Gasteiger partial charge in [-0.05, 0) is 42.0 Å². The molecule has 0 unspecified atom stereocenters. The van der Waals surface area contributed by atoms with E-state index < -0.39 is 0 Å². The van der Waals surface area contributed by atoms with Gasteiger partial charge in [0, 0.05) is 22.8 Å². The number of hydrogen-bond donors (Lipinski definition) is 1. The van der Waals surface area contributed by atoms with E-state index >= 15 is 0 Å². The zero-order valence-corrected chi connectivity index (χ0v) is 15.6. The molecule has 0 fully saturated rings. The Balaban J connectivity index is 1.61. The molecule has 1 heterocycles. The lowest BCUT2D eigenvalue weighted by atomic mass is 10.1. The first-order valence-electron chi connectivity index (χ1n) is 7.61. The molecule has 0 saturated carbocycles. The minimum atomic E-state index is -0.259. The van der Waals surface area contributed by atoms with Crippen molar-refractivity contribution in [3.63, 3.8) is 0 Å². The lowest BCUT2D eigenvalue weighted by Gasteiger charge is -2.09. The van der Waals surface area contributed by atoms with E-state index in [4.69, 9.17) is 39.5 Å². The summed E-state index contributed by atoms with van der Waals surface area (Å²) in [5.41, 5.74) is 1.40. The van der Waals surface area contributed by atoms with E-state index in [1.54, 1.807) is 42.5 Å². The van der Waals surface area contributed by atoms with E-state index in [-0.39, 0.29) is 5.91 Å². The first-order chi connectivity index (χ1) is 12.5. The number of amides is 1. The number of carbonyl (C=O) groups excluding carboxylic acids is 1. The summed E-state index contributed by atoms with van der Waals surface area (Å²) < 4.78 is 5.67. The van der Waals surface area contributed by atoms with E-state index in [0.717, 1.165) is 5.56 Å². The largest absolute Gasteiger partial charge is 0.487 e. The standard InChI is InChI=1S/C19H13Cl3N2O2/c20-14-5-7-16(22)17(9-14)26-11-12-1-3-13(4-2-12)19(25)24-18-8-6-15(21)10-23-18/h1-10H,11H2,(H,23,24,25). The van der Waals surface area contributed by atoms with Crippen LogP contribution in [0.1, 0.15) is 15.9 Å². The van der Waals surface area contributed by atoms with Crippen molar-refractivity contribution < 1.29 is 9.53 Å². The summed E-state index contributed by atoms with van der Waals surface area (Å²) in [7, 11) is 0. The lowest BCUT2D eigenvalue weighted by Crippen LogP contribution is -2.12. The van der Waals surface area contributed by atoms with Crippen LogP contribution in [0.5, 0.6) is 5.75 Å². The first kappa shape index (κ1) is 18.5. The Morgan fingerprint density at radius 3 is 2.38 bits per heavy atom. The maximum Gasteiger partial charge on any atom is 0.256 e. The van der Waals surface area contributed by atoms with Crippen molar-refractivity contribution >= 4 is 46.5 Å². The molecule has 0 aliphatic heterocycles. The van der Waals surface area contributed by atoms with Crippen LogP contribution in [0.4, 0.5) is 5.82 Å². The predicted molar refractivity (Wildman–Crippen MR) is 104 cm³/mol. The number of aromatic nitrogens is 1. The second-order valence-electron chi connectivity index (χ2n) is 5.38. The molecule has 0 spiro atoms. The van der Waals surface area contributed by atoms with Crippen LogP contribution in [0.25, 0.3) is 0 Å². The molecular weight excluding hydrogens is 395 g/mol. The molecule has 4 nitrogen and oxygen atoms in total. The Kier molecular flexibility index (Phi) is 5.99. The van der Waals surface area contributed by atoms with Crippen LogP contribution in [-0.4, -0.2) is 10.9 Å². The molecule has 2 aromatic carbocycles. The van der Waals surface area contributed by atoms with Crippen molar-refractivity contribution in [3.8, 4) is 5.75 Å². The van der Waals surface area contributed by atoms with Crippen LogP contribution in [-0.2, 0) is 6.61 Å². The van der Waals surface area contributed by atoms with Crippen molar-refractivity contribution in [1.29, 1.82) is 0 Å². The highest BCUT2D eigenvalue weighted by atomic mass is 35.5.